The number of aromatic nitrogens is 2. The Morgan fingerprint density at radius 3 is 2.42 bits per heavy atom. The molecule has 3 heterocycles. The molecule has 2 aromatic rings. The lowest BCUT2D eigenvalue weighted by molar-refractivity contribution is -0.222. The summed E-state index contributed by atoms with van der Waals surface area (Å²) in [6, 6.07) is 9.18. The molecular weight excluding hydrogens is 430 g/mol. The molecule has 174 valence electrons. The van der Waals surface area contributed by atoms with Gasteiger partial charge in [0.25, 0.3) is 5.79 Å². The number of hydrogen-bond donors (Lipinski definition) is 0. The normalized spacial score (nSPS) is 17.2. The molecule has 0 saturated carbocycles. The van der Waals surface area contributed by atoms with Gasteiger partial charge in [-0.3, -0.25) is 14.7 Å². The third kappa shape index (κ3) is 4.35. The number of hydrogen-bond acceptors (Lipinski definition) is 10. The van der Waals surface area contributed by atoms with Crippen LogP contribution in [0.25, 0.3) is 0 Å². The van der Waals surface area contributed by atoms with Gasteiger partial charge in [0, 0.05) is 32.8 Å². The van der Waals surface area contributed by atoms with Crippen LogP contribution in [0.2, 0.25) is 0 Å². The van der Waals surface area contributed by atoms with Crippen LogP contribution in [-0.4, -0.2) is 52.8 Å². The molecule has 0 radical (unpaired) electrons. The molecule has 0 spiro atoms. The number of carbonyl (C=O) groups excluding carboxylic acids is 2. The van der Waals surface area contributed by atoms with E-state index in [9.17, 15) is 9.59 Å². The van der Waals surface area contributed by atoms with E-state index in [1.807, 2.05) is 37.3 Å². The summed E-state index contributed by atoms with van der Waals surface area (Å²) < 4.78 is 18.4. The van der Waals surface area contributed by atoms with Crippen molar-refractivity contribution in [3.05, 3.63) is 72.5 Å². The van der Waals surface area contributed by atoms with Crippen molar-refractivity contribution in [2.24, 2.45) is 0 Å². The van der Waals surface area contributed by atoms with Gasteiger partial charge in [-0.25, -0.2) is 24.3 Å². The molecule has 0 bridgehead atoms. The zero-order valence-electron chi connectivity index (χ0n) is 18.8. The molecule has 0 atom stereocenters. The molecule has 1 saturated heterocycles. The minimum atomic E-state index is -1.39. The Labute approximate surface area is 190 Å². The average Bonchev–Trinajstić information content (AvgIpc) is 3.46. The summed E-state index contributed by atoms with van der Waals surface area (Å²) in [6.45, 7) is 5.36. The van der Waals surface area contributed by atoms with Gasteiger partial charge >= 0.3 is 11.9 Å². The first-order valence-corrected chi connectivity index (χ1v) is 10.3. The maximum atomic E-state index is 13.2. The molecule has 1 fully saturated rings. The van der Waals surface area contributed by atoms with Gasteiger partial charge in [0.2, 0.25) is 5.88 Å². The predicted molar refractivity (Wildman–Crippen MR) is 116 cm³/mol. The third-order valence-electron chi connectivity index (χ3n) is 4.90. The highest BCUT2D eigenvalue weighted by atomic mass is 16.7. The third-order valence-corrected chi connectivity index (χ3v) is 4.90. The Kier molecular flexibility index (Phi) is 5.97. The fraction of sp³-hybridized carbons (Fsp3) is 0.318. The van der Waals surface area contributed by atoms with Crippen molar-refractivity contribution in [3.8, 4) is 0 Å². The van der Waals surface area contributed by atoms with Gasteiger partial charge in [0.05, 0.1) is 19.0 Å². The fourth-order valence-corrected chi connectivity index (χ4v) is 3.50. The first kappa shape index (κ1) is 22.2. The van der Waals surface area contributed by atoms with E-state index >= 15 is 0 Å². The van der Waals surface area contributed by atoms with E-state index in [1.165, 1.54) is 26.0 Å². The van der Waals surface area contributed by atoms with Crippen molar-refractivity contribution in [1.82, 2.24) is 14.7 Å². The highest BCUT2D eigenvalue weighted by Crippen LogP contribution is 2.34. The highest BCUT2D eigenvalue weighted by molar-refractivity contribution is 6.16. The van der Waals surface area contributed by atoms with Crippen LogP contribution in [0.3, 0.4) is 0 Å². The predicted octanol–water partition coefficient (Wildman–Crippen LogP) is 2.05. The molecule has 1 aromatic heterocycles. The van der Waals surface area contributed by atoms with E-state index < -0.39 is 17.7 Å². The van der Waals surface area contributed by atoms with Gasteiger partial charge in [-0.1, -0.05) is 18.2 Å². The minimum Gasteiger partial charge on any atom is -0.454 e. The SMILES string of the molecule is CCN(C(=C1C(=O)OC(C)(C)OC1=O)N(C1=CN(OC)CO1)c1ccccc1)n1ccnc1. The molecule has 2 aliphatic heterocycles. The van der Waals surface area contributed by atoms with Crippen LogP contribution in [0.1, 0.15) is 20.8 Å². The van der Waals surface area contributed by atoms with Crippen molar-refractivity contribution in [2.75, 3.05) is 30.3 Å². The van der Waals surface area contributed by atoms with Gasteiger partial charge in [0.1, 0.15) is 6.33 Å². The van der Waals surface area contributed by atoms with Crippen LogP contribution in [0, 0.1) is 0 Å². The summed E-state index contributed by atoms with van der Waals surface area (Å²) in [4.78, 5) is 37.3. The lowest BCUT2D eigenvalue weighted by Crippen LogP contribution is -2.49. The molecule has 1 aromatic carbocycles. The van der Waals surface area contributed by atoms with Crippen molar-refractivity contribution in [2.45, 2.75) is 26.6 Å². The summed E-state index contributed by atoms with van der Waals surface area (Å²) in [7, 11) is 1.51. The molecule has 0 amide bonds. The Balaban J connectivity index is 1.98. The summed E-state index contributed by atoms with van der Waals surface area (Å²) in [5.74, 6) is -2.51. The molecule has 11 nitrogen and oxygen atoms in total. The van der Waals surface area contributed by atoms with Crippen LogP contribution in [-0.2, 0) is 28.6 Å². The number of esters is 2. The number of benzene rings is 1. The van der Waals surface area contributed by atoms with Crippen molar-refractivity contribution in [3.63, 3.8) is 0 Å². The summed E-state index contributed by atoms with van der Waals surface area (Å²) >= 11 is 0. The molecule has 2 aliphatic rings. The van der Waals surface area contributed by atoms with E-state index in [4.69, 9.17) is 19.0 Å². The smallest absolute Gasteiger partial charge is 0.352 e. The number of hydroxylamine groups is 2. The number of imidazole rings is 1. The van der Waals surface area contributed by atoms with Gasteiger partial charge in [-0.15, -0.1) is 0 Å². The number of anilines is 1. The Bertz CT molecular complexity index is 1060. The monoisotopic (exact) mass is 455 g/mol. The number of rotatable bonds is 7. The Morgan fingerprint density at radius 2 is 1.88 bits per heavy atom. The lowest BCUT2D eigenvalue weighted by Gasteiger charge is -2.38. The van der Waals surface area contributed by atoms with Crippen LogP contribution >= 0.6 is 0 Å². The molecule has 0 N–H and O–H groups in total. The zero-order valence-corrected chi connectivity index (χ0v) is 18.8. The number of nitrogens with zero attached hydrogens (tertiary/aromatic N) is 5. The maximum absolute atomic E-state index is 13.2. The summed E-state index contributed by atoms with van der Waals surface area (Å²) in [5.41, 5.74) is 0.349. The van der Waals surface area contributed by atoms with Crippen LogP contribution in [0.4, 0.5) is 5.69 Å². The van der Waals surface area contributed by atoms with Crippen LogP contribution in [0.15, 0.2) is 72.5 Å². The second kappa shape index (κ2) is 8.87. The first-order valence-electron chi connectivity index (χ1n) is 10.3. The lowest BCUT2D eigenvalue weighted by atomic mass is 10.1. The molecule has 0 unspecified atom stereocenters. The standard InChI is InChI=1S/C22H25N5O6/c1-5-26(24-12-11-23-14-24)19(18-20(28)32-22(2,3)33-21(18)29)27(16-9-7-6-8-10-16)17-13-25(30-4)15-31-17/h6-14H,5,15H2,1-4H3. The summed E-state index contributed by atoms with van der Waals surface area (Å²) in [5, 5.41) is 3.16. The minimum absolute atomic E-state index is 0.122. The maximum Gasteiger partial charge on any atom is 0.352 e. The molecule has 33 heavy (non-hydrogen) atoms. The Hall–Kier alpha value is -3.99. The Morgan fingerprint density at radius 1 is 1.18 bits per heavy atom. The molecule has 11 heteroatoms. The fourth-order valence-electron chi connectivity index (χ4n) is 3.50. The van der Waals surface area contributed by atoms with Crippen LogP contribution in [0.5, 0.6) is 0 Å². The van der Waals surface area contributed by atoms with E-state index in [0.29, 0.717) is 18.1 Å². The average molecular weight is 455 g/mol. The van der Waals surface area contributed by atoms with Crippen LogP contribution < -0.4 is 9.91 Å². The van der Waals surface area contributed by atoms with Gasteiger partial charge < -0.3 is 14.2 Å². The second-order valence-electron chi connectivity index (χ2n) is 7.55. The highest BCUT2D eigenvalue weighted by Gasteiger charge is 2.44. The molecule has 4 rings (SSSR count). The van der Waals surface area contributed by atoms with E-state index in [1.54, 1.807) is 39.5 Å². The van der Waals surface area contributed by atoms with Crippen molar-refractivity contribution in [1.29, 1.82) is 0 Å². The van der Waals surface area contributed by atoms with Gasteiger partial charge in [-0.2, -0.15) is 0 Å². The van der Waals surface area contributed by atoms with E-state index in [2.05, 4.69) is 4.98 Å². The second-order valence-corrected chi connectivity index (χ2v) is 7.55. The number of cyclic esters (lactones) is 2. The first-order chi connectivity index (χ1) is 15.8. The molecular formula is C22H25N5O6. The quantitative estimate of drug-likeness (QED) is 0.350. The number of carbonyl (C=O) groups is 2. The van der Waals surface area contributed by atoms with Crippen molar-refractivity contribution >= 4 is 17.6 Å². The number of ether oxygens (including phenoxy) is 3. The van der Waals surface area contributed by atoms with Gasteiger partial charge in [0.15, 0.2) is 18.1 Å². The van der Waals surface area contributed by atoms with E-state index in [-0.39, 0.29) is 18.1 Å². The molecule has 0 aliphatic carbocycles. The largest absolute Gasteiger partial charge is 0.454 e. The van der Waals surface area contributed by atoms with E-state index in [0.717, 1.165) is 0 Å². The topological polar surface area (TPSA) is 98.6 Å². The van der Waals surface area contributed by atoms with Gasteiger partial charge in [-0.05, 0) is 19.1 Å². The zero-order chi connectivity index (χ0) is 23.6. The summed E-state index contributed by atoms with van der Waals surface area (Å²) in [6.07, 6.45) is 6.47. The number of para-hydroxylation sites is 1. The van der Waals surface area contributed by atoms with Crippen molar-refractivity contribution < 1.29 is 28.6 Å².